The number of pyridine rings is 1. The molecule has 0 radical (unpaired) electrons. The highest BCUT2D eigenvalue weighted by atomic mass is 19.1. The Morgan fingerprint density at radius 2 is 2.05 bits per heavy atom. The summed E-state index contributed by atoms with van der Waals surface area (Å²) in [6.07, 6.45) is 1.58. The summed E-state index contributed by atoms with van der Waals surface area (Å²) in [5, 5.41) is 2.93. The number of hydrogen-bond donors (Lipinski definition) is 1. The third kappa shape index (κ3) is 2.71. The topological polar surface area (TPSA) is 34.2 Å². The second-order valence-corrected chi connectivity index (χ2v) is 3.98. The van der Waals surface area contributed by atoms with Crippen molar-refractivity contribution in [2.75, 3.05) is 14.2 Å². The molecule has 2 rings (SSSR count). The van der Waals surface area contributed by atoms with Crippen LogP contribution in [0.15, 0.2) is 36.5 Å². The number of nitrogens with one attached hydrogen (secondary N) is 1. The fourth-order valence-electron chi connectivity index (χ4n) is 1.97. The monoisotopic (exact) mass is 264 g/mol. The van der Waals surface area contributed by atoms with E-state index in [-0.39, 0.29) is 5.56 Å². The number of hydrogen-bond acceptors (Lipinski definition) is 3. The molecule has 1 atom stereocenters. The van der Waals surface area contributed by atoms with Gasteiger partial charge in [0.2, 0.25) is 0 Å². The first kappa shape index (κ1) is 13.4. The van der Waals surface area contributed by atoms with E-state index in [4.69, 9.17) is 4.74 Å². The maximum Gasteiger partial charge on any atom is 0.142 e. The van der Waals surface area contributed by atoms with Gasteiger partial charge in [0, 0.05) is 11.8 Å². The smallest absolute Gasteiger partial charge is 0.142 e. The number of ether oxygens (including phenoxy) is 1. The molecule has 5 heteroatoms. The standard InChI is InChI=1S/C14H14F2N2O/c1-17-13(10-8-9(15)5-6-11(10)16)14-12(19-2)4-3-7-18-14/h3-8,13,17H,1-2H3. The summed E-state index contributed by atoms with van der Waals surface area (Å²) >= 11 is 0. The normalized spacial score (nSPS) is 12.2. The molecule has 1 heterocycles. The van der Waals surface area contributed by atoms with Crippen LogP contribution in [0.3, 0.4) is 0 Å². The van der Waals surface area contributed by atoms with Gasteiger partial charge in [0.15, 0.2) is 0 Å². The van der Waals surface area contributed by atoms with Crippen molar-refractivity contribution in [3.8, 4) is 5.75 Å². The predicted molar refractivity (Wildman–Crippen MR) is 68.0 cm³/mol. The predicted octanol–water partition coefficient (Wildman–Crippen LogP) is 2.68. The maximum absolute atomic E-state index is 13.9. The van der Waals surface area contributed by atoms with Crippen LogP contribution in [0.4, 0.5) is 8.78 Å². The Balaban J connectivity index is 2.53. The minimum atomic E-state index is -0.577. The van der Waals surface area contributed by atoms with Gasteiger partial charge in [-0.3, -0.25) is 4.98 Å². The molecule has 0 fully saturated rings. The van der Waals surface area contributed by atoms with Gasteiger partial charge in [-0.2, -0.15) is 0 Å². The third-order valence-corrected chi connectivity index (χ3v) is 2.85. The van der Waals surface area contributed by atoms with Gasteiger partial charge < -0.3 is 10.1 Å². The van der Waals surface area contributed by atoms with E-state index in [1.165, 1.54) is 7.11 Å². The summed E-state index contributed by atoms with van der Waals surface area (Å²) in [4.78, 5) is 4.19. The van der Waals surface area contributed by atoms with E-state index in [0.717, 1.165) is 18.2 Å². The van der Waals surface area contributed by atoms with Gasteiger partial charge >= 0.3 is 0 Å². The molecule has 3 nitrogen and oxygen atoms in total. The fraction of sp³-hybridized carbons (Fsp3) is 0.214. The van der Waals surface area contributed by atoms with Gasteiger partial charge in [-0.1, -0.05) is 0 Å². The molecule has 1 unspecified atom stereocenters. The van der Waals surface area contributed by atoms with E-state index in [1.54, 1.807) is 25.4 Å². The first-order valence-electron chi connectivity index (χ1n) is 5.78. The first-order valence-corrected chi connectivity index (χ1v) is 5.78. The van der Waals surface area contributed by atoms with Gasteiger partial charge in [-0.15, -0.1) is 0 Å². The molecule has 0 saturated heterocycles. The van der Waals surface area contributed by atoms with Crippen LogP contribution in [0.5, 0.6) is 5.75 Å². The number of halogens is 2. The Hall–Kier alpha value is -2.01. The quantitative estimate of drug-likeness (QED) is 0.922. The number of aromatic nitrogens is 1. The number of benzene rings is 1. The molecule has 2 aromatic rings. The molecule has 100 valence electrons. The highest BCUT2D eigenvalue weighted by Crippen LogP contribution is 2.29. The summed E-state index contributed by atoms with van der Waals surface area (Å²) in [6.45, 7) is 0. The fourth-order valence-corrected chi connectivity index (χ4v) is 1.97. The summed E-state index contributed by atoms with van der Waals surface area (Å²) in [5.74, 6) is -0.467. The molecule has 0 aliphatic rings. The number of rotatable bonds is 4. The van der Waals surface area contributed by atoms with Crippen molar-refractivity contribution in [2.24, 2.45) is 0 Å². The van der Waals surface area contributed by atoms with Crippen LogP contribution in [0.25, 0.3) is 0 Å². The lowest BCUT2D eigenvalue weighted by molar-refractivity contribution is 0.400. The minimum absolute atomic E-state index is 0.194. The van der Waals surface area contributed by atoms with Crippen LogP contribution in [0.2, 0.25) is 0 Å². The second-order valence-electron chi connectivity index (χ2n) is 3.98. The summed E-state index contributed by atoms with van der Waals surface area (Å²) < 4.78 is 32.3. The second kappa shape index (κ2) is 5.75. The van der Waals surface area contributed by atoms with Crippen LogP contribution in [-0.2, 0) is 0 Å². The molecular formula is C14H14F2N2O. The Bertz CT molecular complexity index is 575. The van der Waals surface area contributed by atoms with Gasteiger partial charge in [0.25, 0.3) is 0 Å². The molecule has 19 heavy (non-hydrogen) atoms. The van der Waals surface area contributed by atoms with Gasteiger partial charge in [0.1, 0.15) is 23.1 Å². The average Bonchev–Trinajstić information content (AvgIpc) is 2.44. The maximum atomic E-state index is 13.9. The first-order chi connectivity index (χ1) is 9.17. The molecule has 0 saturated carbocycles. The van der Waals surface area contributed by atoms with Gasteiger partial charge in [-0.05, 0) is 37.4 Å². The molecular weight excluding hydrogens is 250 g/mol. The zero-order valence-electron chi connectivity index (χ0n) is 10.7. The molecule has 1 aromatic heterocycles. The highest BCUT2D eigenvalue weighted by Gasteiger charge is 2.21. The third-order valence-electron chi connectivity index (χ3n) is 2.85. The van der Waals surface area contributed by atoms with Gasteiger partial charge in [-0.25, -0.2) is 8.78 Å². The van der Waals surface area contributed by atoms with Crippen molar-refractivity contribution in [2.45, 2.75) is 6.04 Å². The Morgan fingerprint density at radius 1 is 1.26 bits per heavy atom. The van der Waals surface area contributed by atoms with Crippen molar-refractivity contribution in [1.29, 1.82) is 0 Å². The van der Waals surface area contributed by atoms with Crippen LogP contribution >= 0.6 is 0 Å². The number of methoxy groups -OCH3 is 1. The lowest BCUT2D eigenvalue weighted by Gasteiger charge is -2.19. The zero-order valence-corrected chi connectivity index (χ0v) is 10.7. The van der Waals surface area contributed by atoms with Crippen LogP contribution < -0.4 is 10.1 Å². The lowest BCUT2D eigenvalue weighted by atomic mass is 10.0. The molecule has 0 bridgehead atoms. The van der Waals surface area contributed by atoms with Crippen molar-refractivity contribution in [3.05, 3.63) is 59.4 Å². The average molecular weight is 264 g/mol. The Morgan fingerprint density at radius 3 is 2.74 bits per heavy atom. The van der Waals surface area contributed by atoms with Gasteiger partial charge in [0.05, 0.1) is 13.2 Å². The van der Waals surface area contributed by atoms with E-state index in [2.05, 4.69) is 10.3 Å². The van der Waals surface area contributed by atoms with Crippen molar-refractivity contribution >= 4 is 0 Å². The largest absolute Gasteiger partial charge is 0.495 e. The molecule has 1 aromatic carbocycles. The zero-order chi connectivity index (χ0) is 13.8. The Labute approximate surface area is 110 Å². The van der Waals surface area contributed by atoms with Crippen molar-refractivity contribution in [3.63, 3.8) is 0 Å². The molecule has 0 aliphatic heterocycles. The lowest BCUT2D eigenvalue weighted by Crippen LogP contribution is -2.21. The molecule has 1 N–H and O–H groups in total. The summed E-state index contributed by atoms with van der Waals surface area (Å²) in [5.41, 5.74) is 0.705. The summed E-state index contributed by atoms with van der Waals surface area (Å²) in [6, 6.07) is 6.21. The van der Waals surface area contributed by atoms with Crippen molar-refractivity contribution < 1.29 is 13.5 Å². The Kier molecular flexibility index (Phi) is 4.06. The van der Waals surface area contributed by atoms with E-state index in [0.29, 0.717) is 11.4 Å². The molecule has 0 aliphatic carbocycles. The van der Waals surface area contributed by atoms with Crippen molar-refractivity contribution in [1.82, 2.24) is 10.3 Å². The molecule has 0 spiro atoms. The van der Waals surface area contributed by atoms with E-state index >= 15 is 0 Å². The van der Waals surface area contributed by atoms with Crippen LogP contribution in [0, 0.1) is 11.6 Å². The summed E-state index contributed by atoms with van der Waals surface area (Å²) in [7, 11) is 3.16. The molecule has 0 amide bonds. The van der Waals surface area contributed by atoms with E-state index in [1.807, 2.05) is 0 Å². The number of nitrogens with zero attached hydrogens (tertiary/aromatic N) is 1. The van der Waals surface area contributed by atoms with Crippen LogP contribution in [-0.4, -0.2) is 19.1 Å². The van der Waals surface area contributed by atoms with Crippen LogP contribution in [0.1, 0.15) is 17.3 Å². The van der Waals surface area contributed by atoms with E-state index < -0.39 is 17.7 Å². The minimum Gasteiger partial charge on any atom is -0.495 e. The highest BCUT2D eigenvalue weighted by molar-refractivity contribution is 5.37. The van der Waals surface area contributed by atoms with E-state index in [9.17, 15) is 8.78 Å². The SMILES string of the molecule is CNC(c1cc(F)ccc1F)c1ncccc1OC.